The molecule has 3 aromatic rings. The number of carbonyl (C=O) groups is 1. The van der Waals surface area contributed by atoms with Gasteiger partial charge in [-0.25, -0.2) is 9.37 Å². The van der Waals surface area contributed by atoms with Crippen LogP contribution in [0.2, 0.25) is 5.02 Å². The van der Waals surface area contributed by atoms with Crippen molar-refractivity contribution in [1.29, 1.82) is 0 Å². The smallest absolute Gasteiger partial charge is 0.270 e. The van der Waals surface area contributed by atoms with Gasteiger partial charge in [0.2, 0.25) is 0 Å². The van der Waals surface area contributed by atoms with Crippen molar-refractivity contribution in [3.05, 3.63) is 64.6 Å². The average molecular weight is 427 g/mol. The van der Waals surface area contributed by atoms with E-state index >= 15 is 0 Å². The maximum absolute atomic E-state index is 13.2. The van der Waals surface area contributed by atoms with Gasteiger partial charge in [-0.1, -0.05) is 30.7 Å². The molecule has 5 rings (SSSR count). The van der Waals surface area contributed by atoms with Crippen LogP contribution in [-0.2, 0) is 13.0 Å². The predicted molar refractivity (Wildman–Crippen MR) is 116 cm³/mol. The van der Waals surface area contributed by atoms with E-state index in [2.05, 4.69) is 27.3 Å². The van der Waals surface area contributed by atoms with Crippen molar-refractivity contribution in [3.8, 4) is 0 Å². The van der Waals surface area contributed by atoms with Crippen molar-refractivity contribution in [2.24, 2.45) is 5.41 Å². The Morgan fingerprint density at radius 1 is 1.23 bits per heavy atom. The summed E-state index contributed by atoms with van der Waals surface area (Å²) >= 11 is 6.11. The number of halogens is 2. The summed E-state index contributed by atoms with van der Waals surface area (Å²) in [5.41, 5.74) is 4.40. The number of nitrogens with one attached hydrogen (secondary N) is 1. The minimum atomic E-state index is -0.602. The van der Waals surface area contributed by atoms with Crippen molar-refractivity contribution in [2.45, 2.75) is 38.9 Å². The van der Waals surface area contributed by atoms with E-state index in [1.54, 1.807) is 16.7 Å². The summed E-state index contributed by atoms with van der Waals surface area (Å²) in [5, 5.41) is 3.56. The summed E-state index contributed by atoms with van der Waals surface area (Å²) in [6.45, 7) is 4.31. The maximum atomic E-state index is 13.2. The van der Waals surface area contributed by atoms with E-state index in [4.69, 9.17) is 11.6 Å². The van der Waals surface area contributed by atoms with E-state index in [1.165, 1.54) is 0 Å². The van der Waals surface area contributed by atoms with Crippen molar-refractivity contribution >= 4 is 28.8 Å². The molecule has 0 bridgehead atoms. The molecule has 2 fully saturated rings. The minimum absolute atomic E-state index is 0.166. The normalized spacial score (nSPS) is 17.8. The lowest BCUT2D eigenvalue weighted by Gasteiger charge is -2.58. The van der Waals surface area contributed by atoms with Crippen LogP contribution >= 0.6 is 11.6 Å². The summed E-state index contributed by atoms with van der Waals surface area (Å²) in [7, 11) is 0. The first-order valence-corrected chi connectivity index (χ1v) is 10.8. The number of imidazole rings is 1. The largest absolute Gasteiger partial charge is 0.370 e. The number of rotatable bonds is 5. The predicted octanol–water partition coefficient (Wildman–Crippen LogP) is 4.42. The number of nitrogens with zero attached hydrogens (tertiary/aromatic N) is 3. The van der Waals surface area contributed by atoms with Gasteiger partial charge in [0, 0.05) is 36.9 Å². The molecule has 1 saturated heterocycles. The third-order valence-corrected chi connectivity index (χ3v) is 6.54. The van der Waals surface area contributed by atoms with Crippen LogP contribution < -0.4 is 10.2 Å². The molecule has 0 atom stereocenters. The number of anilines is 1. The van der Waals surface area contributed by atoms with E-state index in [-0.39, 0.29) is 11.3 Å². The summed E-state index contributed by atoms with van der Waals surface area (Å²) in [4.78, 5) is 19.7. The summed E-state index contributed by atoms with van der Waals surface area (Å²) in [5.74, 6) is -0.166. The molecule has 0 unspecified atom stereocenters. The molecule has 3 heterocycles. The third-order valence-electron chi connectivity index (χ3n) is 6.32. The Labute approximate surface area is 179 Å². The van der Waals surface area contributed by atoms with E-state index < -0.39 is 6.17 Å². The molecule has 2 aromatic heterocycles. The second-order valence-corrected chi connectivity index (χ2v) is 8.98. The second kappa shape index (κ2) is 7.27. The first-order valence-electron chi connectivity index (χ1n) is 10.4. The molecular weight excluding hydrogens is 403 g/mol. The van der Waals surface area contributed by atoms with Gasteiger partial charge in [-0.05, 0) is 49.1 Å². The monoisotopic (exact) mass is 426 g/mol. The Morgan fingerprint density at radius 2 is 1.97 bits per heavy atom. The van der Waals surface area contributed by atoms with Crippen LogP contribution in [0.5, 0.6) is 0 Å². The molecule has 5 nitrogen and oxygen atoms in total. The van der Waals surface area contributed by atoms with Crippen LogP contribution in [-0.4, -0.2) is 34.6 Å². The first-order chi connectivity index (χ1) is 14.5. The molecular formula is C23H24ClFN4O. The second-order valence-electron chi connectivity index (χ2n) is 8.55. The molecule has 1 aliphatic heterocycles. The molecule has 1 spiro atoms. The topological polar surface area (TPSA) is 49.6 Å². The number of hydrogen-bond donors (Lipinski definition) is 1. The quantitative estimate of drug-likeness (QED) is 0.657. The van der Waals surface area contributed by atoms with E-state index in [0.29, 0.717) is 42.2 Å². The fraction of sp³-hybridized carbons (Fsp3) is 0.391. The molecule has 30 heavy (non-hydrogen) atoms. The summed E-state index contributed by atoms with van der Waals surface area (Å²) in [6.07, 6.45) is 3.20. The first kappa shape index (κ1) is 19.4. The lowest BCUT2D eigenvalue weighted by molar-refractivity contribution is 0.000855. The zero-order chi connectivity index (χ0) is 20.9. The Hall–Kier alpha value is -2.60. The SMILES string of the molecule is CCc1nc2ccc(Cl)cn2c1C(=O)NCc1ccc(N2CC3(CC(F)C3)C2)cc1. The number of carbonyl (C=O) groups excluding carboxylic acids is 1. The van der Waals surface area contributed by atoms with Gasteiger partial charge in [0.1, 0.15) is 17.5 Å². The standard InChI is InChI=1S/C23H24ClFN4O/c1-2-19-21(29-12-16(24)5-8-20(29)27-19)22(30)26-11-15-3-6-18(7-4-15)28-13-23(14-28)9-17(25)10-23/h3-8,12,17H,2,9-11,13-14H2,1H3,(H,26,30). The molecule has 2 aliphatic rings. The Morgan fingerprint density at radius 3 is 2.63 bits per heavy atom. The van der Waals surface area contributed by atoms with Crippen LogP contribution in [0, 0.1) is 5.41 Å². The zero-order valence-electron chi connectivity index (χ0n) is 16.9. The number of benzene rings is 1. The number of pyridine rings is 1. The fourth-order valence-electron chi connectivity index (χ4n) is 4.73. The van der Waals surface area contributed by atoms with Gasteiger partial charge in [0.25, 0.3) is 5.91 Å². The Bertz CT molecular complexity index is 1100. The van der Waals surface area contributed by atoms with Crippen molar-refractivity contribution in [2.75, 3.05) is 18.0 Å². The number of amides is 1. The lowest BCUT2D eigenvalue weighted by atomic mass is 9.62. The lowest BCUT2D eigenvalue weighted by Crippen LogP contribution is -2.63. The Balaban J connectivity index is 1.24. The van der Waals surface area contributed by atoms with Gasteiger partial charge in [-0.15, -0.1) is 0 Å². The average Bonchev–Trinajstić information content (AvgIpc) is 3.06. The number of aryl methyl sites for hydroxylation is 1. The van der Waals surface area contributed by atoms with Gasteiger partial charge in [0.05, 0.1) is 10.7 Å². The van der Waals surface area contributed by atoms with Crippen LogP contribution in [0.15, 0.2) is 42.6 Å². The van der Waals surface area contributed by atoms with E-state index in [0.717, 1.165) is 30.0 Å². The highest BCUT2D eigenvalue weighted by Gasteiger charge is 2.52. The van der Waals surface area contributed by atoms with Gasteiger partial charge in [-0.2, -0.15) is 0 Å². The van der Waals surface area contributed by atoms with E-state index in [1.807, 2.05) is 25.1 Å². The molecule has 1 saturated carbocycles. The molecule has 7 heteroatoms. The number of hydrogen-bond acceptors (Lipinski definition) is 3. The highest BCUT2D eigenvalue weighted by atomic mass is 35.5. The van der Waals surface area contributed by atoms with Crippen LogP contribution in [0.4, 0.5) is 10.1 Å². The molecule has 1 amide bonds. The van der Waals surface area contributed by atoms with Gasteiger partial charge < -0.3 is 10.2 Å². The van der Waals surface area contributed by atoms with Crippen molar-refractivity contribution < 1.29 is 9.18 Å². The molecule has 1 aliphatic carbocycles. The fourth-order valence-corrected chi connectivity index (χ4v) is 4.89. The van der Waals surface area contributed by atoms with Gasteiger partial charge >= 0.3 is 0 Å². The number of aromatic nitrogens is 2. The zero-order valence-corrected chi connectivity index (χ0v) is 17.6. The molecule has 156 valence electrons. The summed E-state index contributed by atoms with van der Waals surface area (Å²) in [6, 6.07) is 11.8. The van der Waals surface area contributed by atoms with Crippen LogP contribution in [0.25, 0.3) is 5.65 Å². The van der Waals surface area contributed by atoms with Crippen LogP contribution in [0.1, 0.15) is 41.5 Å². The number of fused-ring (bicyclic) bond motifs is 1. The van der Waals surface area contributed by atoms with Gasteiger partial charge in [0.15, 0.2) is 0 Å². The molecule has 0 radical (unpaired) electrons. The molecule has 1 N–H and O–H groups in total. The minimum Gasteiger partial charge on any atom is -0.370 e. The van der Waals surface area contributed by atoms with Crippen molar-refractivity contribution in [1.82, 2.24) is 14.7 Å². The highest BCUT2D eigenvalue weighted by Crippen LogP contribution is 2.50. The summed E-state index contributed by atoms with van der Waals surface area (Å²) < 4.78 is 14.9. The molecule has 1 aromatic carbocycles. The van der Waals surface area contributed by atoms with Gasteiger partial charge in [-0.3, -0.25) is 9.20 Å². The third kappa shape index (κ3) is 3.33. The Kier molecular flexibility index (Phi) is 4.69. The van der Waals surface area contributed by atoms with Crippen LogP contribution in [0.3, 0.4) is 0 Å². The van der Waals surface area contributed by atoms with E-state index in [9.17, 15) is 9.18 Å². The maximum Gasteiger partial charge on any atom is 0.270 e. The highest BCUT2D eigenvalue weighted by molar-refractivity contribution is 6.30. The number of alkyl halides is 1. The van der Waals surface area contributed by atoms with Crippen molar-refractivity contribution in [3.63, 3.8) is 0 Å².